The molecule has 2 aromatic carbocycles. The molecule has 1 heterocycles. The van der Waals surface area contributed by atoms with Crippen molar-refractivity contribution in [3.8, 4) is 16.6 Å². The van der Waals surface area contributed by atoms with E-state index in [1.54, 1.807) is 24.3 Å². The minimum absolute atomic E-state index is 0.114. The lowest BCUT2D eigenvalue weighted by molar-refractivity contribution is 0.0468. The number of carbonyl (C=O) groups excluding carboxylic acids is 1. The first-order valence-electron chi connectivity index (χ1n) is 7.03. The number of carbonyl (C=O) groups is 1. The number of hydrogen-bond donors (Lipinski definition) is 0. The van der Waals surface area contributed by atoms with Crippen molar-refractivity contribution in [3.63, 3.8) is 0 Å². The molecule has 0 spiro atoms. The van der Waals surface area contributed by atoms with Crippen LogP contribution in [0.4, 0.5) is 0 Å². The van der Waals surface area contributed by atoms with Gasteiger partial charge < -0.3 is 4.74 Å². The van der Waals surface area contributed by atoms with Crippen molar-refractivity contribution < 1.29 is 9.53 Å². The Balaban J connectivity index is 1.64. The van der Waals surface area contributed by atoms with Gasteiger partial charge in [-0.2, -0.15) is 5.26 Å². The topological polar surface area (TPSA) is 63.0 Å². The number of nitrogens with zero attached hydrogens (tertiary/aromatic N) is 2. The number of nitriles is 1. The fourth-order valence-corrected chi connectivity index (χ4v) is 3.23. The summed E-state index contributed by atoms with van der Waals surface area (Å²) in [4.78, 5) is 16.5. The van der Waals surface area contributed by atoms with Crippen LogP contribution in [0.5, 0.6) is 0 Å². The van der Waals surface area contributed by atoms with Crippen molar-refractivity contribution in [2.75, 3.05) is 0 Å². The Morgan fingerprint density at radius 3 is 2.75 bits per heavy atom. The second-order valence-corrected chi connectivity index (χ2v) is 6.69. The van der Waals surface area contributed by atoms with Crippen LogP contribution >= 0.6 is 27.3 Å². The highest BCUT2D eigenvalue weighted by molar-refractivity contribution is 9.10. The summed E-state index contributed by atoms with van der Waals surface area (Å²) in [6.07, 6.45) is 0. The van der Waals surface area contributed by atoms with Gasteiger partial charge in [0.25, 0.3) is 0 Å². The molecular formula is C18H11BrN2O2S. The van der Waals surface area contributed by atoms with Crippen LogP contribution in [0.1, 0.15) is 21.6 Å². The molecule has 0 aliphatic rings. The molecule has 6 heteroatoms. The van der Waals surface area contributed by atoms with Gasteiger partial charge >= 0.3 is 5.97 Å². The average Bonchev–Trinajstić information content (AvgIpc) is 3.09. The maximum atomic E-state index is 12.0. The van der Waals surface area contributed by atoms with Crippen molar-refractivity contribution in [3.05, 3.63) is 75.2 Å². The van der Waals surface area contributed by atoms with Gasteiger partial charge in [0.2, 0.25) is 0 Å². The molecule has 0 bridgehead atoms. The fraction of sp³-hybridized carbons (Fsp3) is 0.0556. The summed E-state index contributed by atoms with van der Waals surface area (Å²) < 4.78 is 6.26. The number of ether oxygens (including phenoxy) is 1. The van der Waals surface area contributed by atoms with Gasteiger partial charge in [-0.15, -0.1) is 11.3 Å². The molecule has 0 fully saturated rings. The number of halogens is 1. The Labute approximate surface area is 151 Å². The van der Waals surface area contributed by atoms with Crippen molar-refractivity contribution in [1.82, 2.24) is 4.98 Å². The Hall–Kier alpha value is -2.49. The molecule has 0 atom stereocenters. The average molecular weight is 399 g/mol. The first-order valence-corrected chi connectivity index (χ1v) is 8.70. The highest BCUT2D eigenvalue weighted by atomic mass is 79.9. The first-order chi connectivity index (χ1) is 11.7. The summed E-state index contributed by atoms with van der Waals surface area (Å²) in [6.45, 7) is 0.114. The van der Waals surface area contributed by atoms with Gasteiger partial charge in [-0.05, 0) is 36.4 Å². The van der Waals surface area contributed by atoms with Crippen LogP contribution in [0.3, 0.4) is 0 Å². The number of aromatic nitrogens is 1. The molecule has 0 aliphatic heterocycles. The lowest BCUT2D eigenvalue weighted by atomic mass is 10.1. The van der Waals surface area contributed by atoms with E-state index in [-0.39, 0.29) is 6.61 Å². The van der Waals surface area contributed by atoms with Gasteiger partial charge in [0.1, 0.15) is 11.6 Å². The number of hydrogen-bond acceptors (Lipinski definition) is 5. The minimum Gasteiger partial charge on any atom is -0.456 e. The molecular weight excluding hydrogens is 388 g/mol. The normalized spacial score (nSPS) is 10.2. The molecule has 0 saturated heterocycles. The SMILES string of the molecule is N#Cc1ccc(C(=O)OCc2csc(-c3cccc(Br)c3)n2)cc1. The van der Waals surface area contributed by atoms with Crippen molar-refractivity contribution in [2.24, 2.45) is 0 Å². The molecule has 0 saturated carbocycles. The fourth-order valence-electron chi connectivity index (χ4n) is 2.03. The third kappa shape index (κ3) is 3.88. The van der Waals surface area contributed by atoms with E-state index in [1.165, 1.54) is 11.3 Å². The predicted octanol–water partition coefficient (Wildman–Crippen LogP) is 4.80. The third-order valence-corrected chi connectivity index (χ3v) is 4.66. The zero-order valence-electron chi connectivity index (χ0n) is 12.4. The zero-order valence-corrected chi connectivity index (χ0v) is 14.8. The summed E-state index contributed by atoms with van der Waals surface area (Å²) in [7, 11) is 0. The number of rotatable bonds is 4. The van der Waals surface area contributed by atoms with Gasteiger partial charge in [0.05, 0.1) is 22.9 Å². The predicted molar refractivity (Wildman–Crippen MR) is 95.5 cm³/mol. The van der Waals surface area contributed by atoms with Gasteiger partial charge in [0.15, 0.2) is 0 Å². The van der Waals surface area contributed by atoms with Crippen molar-refractivity contribution in [2.45, 2.75) is 6.61 Å². The molecule has 0 aliphatic carbocycles. The van der Waals surface area contributed by atoms with E-state index in [2.05, 4.69) is 20.9 Å². The first kappa shape index (κ1) is 16.4. The summed E-state index contributed by atoms with van der Waals surface area (Å²) in [5, 5.41) is 11.5. The van der Waals surface area contributed by atoms with Gasteiger partial charge in [-0.25, -0.2) is 9.78 Å². The lowest BCUT2D eigenvalue weighted by Gasteiger charge is -2.03. The largest absolute Gasteiger partial charge is 0.456 e. The van der Waals surface area contributed by atoms with Crippen LogP contribution in [0.25, 0.3) is 10.6 Å². The number of benzene rings is 2. The quantitative estimate of drug-likeness (QED) is 0.592. The van der Waals surface area contributed by atoms with Crippen LogP contribution < -0.4 is 0 Å². The molecule has 1 aromatic heterocycles. The van der Waals surface area contributed by atoms with E-state index in [0.717, 1.165) is 15.0 Å². The van der Waals surface area contributed by atoms with Gasteiger partial charge in [-0.1, -0.05) is 28.1 Å². The molecule has 118 valence electrons. The van der Waals surface area contributed by atoms with E-state index in [0.29, 0.717) is 16.8 Å². The Morgan fingerprint density at radius 2 is 2.04 bits per heavy atom. The van der Waals surface area contributed by atoms with Crippen LogP contribution in [0.15, 0.2) is 58.4 Å². The Kier molecular flexibility index (Phi) is 5.04. The van der Waals surface area contributed by atoms with E-state index >= 15 is 0 Å². The highest BCUT2D eigenvalue weighted by Gasteiger charge is 2.10. The molecule has 0 amide bonds. The molecule has 3 rings (SSSR count). The second kappa shape index (κ2) is 7.39. The van der Waals surface area contributed by atoms with Crippen LogP contribution in [0.2, 0.25) is 0 Å². The van der Waals surface area contributed by atoms with Gasteiger partial charge in [-0.3, -0.25) is 0 Å². The number of esters is 1. The van der Waals surface area contributed by atoms with E-state index in [1.807, 2.05) is 35.7 Å². The highest BCUT2D eigenvalue weighted by Crippen LogP contribution is 2.26. The maximum absolute atomic E-state index is 12.0. The van der Waals surface area contributed by atoms with Gasteiger partial charge in [0, 0.05) is 15.4 Å². The Bertz CT molecular complexity index is 913. The van der Waals surface area contributed by atoms with Crippen LogP contribution in [-0.4, -0.2) is 11.0 Å². The summed E-state index contributed by atoms with van der Waals surface area (Å²) in [6, 6.07) is 16.2. The summed E-state index contributed by atoms with van der Waals surface area (Å²) in [5.74, 6) is -0.434. The summed E-state index contributed by atoms with van der Waals surface area (Å²) in [5.41, 5.74) is 2.64. The van der Waals surface area contributed by atoms with Crippen LogP contribution in [0, 0.1) is 11.3 Å². The number of thiazole rings is 1. The Morgan fingerprint density at radius 1 is 1.25 bits per heavy atom. The molecule has 0 unspecified atom stereocenters. The minimum atomic E-state index is -0.434. The molecule has 0 radical (unpaired) electrons. The molecule has 0 N–H and O–H groups in total. The maximum Gasteiger partial charge on any atom is 0.338 e. The summed E-state index contributed by atoms with van der Waals surface area (Å²) >= 11 is 4.94. The van der Waals surface area contributed by atoms with Crippen LogP contribution in [-0.2, 0) is 11.3 Å². The monoisotopic (exact) mass is 398 g/mol. The molecule has 24 heavy (non-hydrogen) atoms. The molecule has 4 nitrogen and oxygen atoms in total. The smallest absolute Gasteiger partial charge is 0.338 e. The van der Waals surface area contributed by atoms with Crippen molar-refractivity contribution >= 4 is 33.2 Å². The van der Waals surface area contributed by atoms with Crippen molar-refractivity contribution in [1.29, 1.82) is 5.26 Å². The van der Waals surface area contributed by atoms with E-state index < -0.39 is 5.97 Å². The second-order valence-electron chi connectivity index (χ2n) is 4.92. The lowest BCUT2D eigenvalue weighted by Crippen LogP contribution is -2.05. The third-order valence-electron chi connectivity index (χ3n) is 3.22. The van der Waals surface area contributed by atoms with E-state index in [4.69, 9.17) is 10.00 Å². The zero-order chi connectivity index (χ0) is 16.9. The van der Waals surface area contributed by atoms with E-state index in [9.17, 15) is 4.79 Å². The molecule has 3 aromatic rings. The standard InChI is InChI=1S/C18H11BrN2O2S/c19-15-3-1-2-14(8-15)17-21-16(11-24-17)10-23-18(22)13-6-4-12(9-20)5-7-13/h1-8,11H,10H2.